The topological polar surface area (TPSA) is 66.5 Å². The van der Waals surface area contributed by atoms with Crippen LogP contribution in [0.2, 0.25) is 0 Å². The Labute approximate surface area is 135 Å². The lowest BCUT2D eigenvalue weighted by Crippen LogP contribution is -2.37. The SMILES string of the molecule is CC(C)c1nc2n(n1)C[C@@H](NCc1ccc(C#N)cc1F)CC2. The molecule has 5 nitrogen and oxygen atoms in total. The summed E-state index contributed by atoms with van der Waals surface area (Å²) in [6.07, 6.45) is 1.85. The van der Waals surface area contributed by atoms with E-state index in [1.54, 1.807) is 12.1 Å². The van der Waals surface area contributed by atoms with Crippen molar-refractivity contribution in [3.8, 4) is 6.07 Å². The fourth-order valence-corrected chi connectivity index (χ4v) is 2.75. The second kappa shape index (κ2) is 6.47. The highest BCUT2D eigenvalue weighted by Crippen LogP contribution is 2.18. The van der Waals surface area contributed by atoms with Crippen LogP contribution in [0.1, 0.15) is 49.0 Å². The summed E-state index contributed by atoms with van der Waals surface area (Å²) in [6.45, 7) is 5.38. The normalized spacial score (nSPS) is 17.1. The number of nitrogens with zero attached hydrogens (tertiary/aromatic N) is 4. The Morgan fingerprint density at radius 1 is 1.48 bits per heavy atom. The van der Waals surface area contributed by atoms with Crippen molar-refractivity contribution in [3.63, 3.8) is 0 Å². The third-order valence-electron chi connectivity index (χ3n) is 4.15. The van der Waals surface area contributed by atoms with Crippen molar-refractivity contribution in [1.29, 1.82) is 5.26 Å². The van der Waals surface area contributed by atoms with Crippen molar-refractivity contribution in [2.75, 3.05) is 0 Å². The molecule has 2 heterocycles. The van der Waals surface area contributed by atoms with Crippen molar-refractivity contribution in [1.82, 2.24) is 20.1 Å². The van der Waals surface area contributed by atoms with Gasteiger partial charge in [0, 0.05) is 30.5 Å². The fourth-order valence-electron chi connectivity index (χ4n) is 2.75. The highest BCUT2D eigenvalue weighted by Gasteiger charge is 2.22. The summed E-state index contributed by atoms with van der Waals surface area (Å²) in [6, 6.07) is 6.79. The minimum atomic E-state index is -0.337. The van der Waals surface area contributed by atoms with Crippen LogP contribution in [0, 0.1) is 17.1 Å². The van der Waals surface area contributed by atoms with E-state index in [4.69, 9.17) is 5.26 Å². The summed E-state index contributed by atoms with van der Waals surface area (Å²) < 4.78 is 15.9. The lowest BCUT2D eigenvalue weighted by atomic mass is 10.1. The molecule has 0 spiro atoms. The molecule has 0 fully saturated rings. The molecule has 3 rings (SSSR count). The number of rotatable bonds is 4. The van der Waals surface area contributed by atoms with Crippen molar-refractivity contribution in [2.24, 2.45) is 0 Å². The first-order valence-corrected chi connectivity index (χ1v) is 7.92. The zero-order valence-corrected chi connectivity index (χ0v) is 13.4. The van der Waals surface area contributed by atoms with Gasteiger partial charge in [-0.3, -0.25) is 0 Å². The lowest BCUT2D eigenvalue weighted by molar-refractivity contribution is 0.355. The summed E-state index contributed by atoms with van der Waals surface area (Å²) in [5.41, 5.74) is 0.925. The molecule has 0 bridgehead atoms. The van der Waals surface area contributed by atoms with Gasteiger partial charge in [-0.15, -0.1) is 0 Å². The van der Waals surface area contributed by atoms with E-state index in [1.165, 1.54) is 6.07 Å². The smallest absolute Gasteiger partial charge is 0.153 e. The quantitative estimate of drug-likeness (QED) is 0.942. The first-order chi connectivity index (χ1) is 11.1. The van der Waals surface area contributed by atoms with Gasteiger partial charge in [-0.1, -0.05) is 19.9 Å². The van der Waals surface area contributed by atoms with Crippen molar-refractivity contribution < 1.29 is 4.39 Å². The van der Waals surface area contributed by atoms with Crippen LogP contribution >= 0.6 is 0 Å². The fraction of sp³-hybridized carbons (Fsp3) is 0.471. The van der Waals surface area contributed by atoms with Gasteiger partial charge in [0.25, 0.3) is 0 Å². The van der Waals surface area contributed by atoms with Crippen LogP contribution in [-0.2, 0) is 19.5 Å². The van der Waals surface area contributed by atoms with Crippen LogP contribution in [-0.4, -0.2) is 20.8 Å². The molecule has 2 aromatic rings. The van der Waals surface area contributed by atoms with Gasteiger partial charge in [0.1, 0.15) is 11.6 Å². The second-order valence-electron chi connectivity index (χ2n) is 6.26. The molecule has 0 unspecified atom stereocenters. The van der Waals surface area contributed by atoms with Crippen molar-refractivity contribution in [2.45, 2.75) is 51.7 Å². The van der Waals surface area contributed by atoms with E-state index >= 15 is 0 Å². The third kappa shape index (κ3) is 3.40. The first-order valence-electron chi connectivity index (χ1n) is 7.92. The molecule has 120 valence electrons. The first kappa shape index (κ1) is 15.6. The number of hydrogen-bond acceptors (Lipinski definition) is 4. The molecule has 23 heavy (non-hydrogen) atoms. The largest absolute Gasteiger partial charge is 0.308 e. The Balaban J connectivity index is 1.63. The molecule has 0 aliphatic carbocycles. The standard InChI is InChI=1S/C17H20FN5/c1-11(2)17-21-16-6-5-14(10-23(16)22-17)20-9-13-4-3-12(8-19)7-15(13)18/h3-4,7,11,14,20H,5-6,9-10H2,1-2H3/t14-/m0/s1. The maximum atomic E-state index is 13.9. The molecule has 0 saturated heterocycles. The van der Waals surface area contributed by atoms with E-state index in [0.29, 0.717) is 23.6 Å². The van der Waals surface area contributed by atoms with Gasteiger partial charge < -0.3 is 5.32 Å². The maximum absolute atomic E-state index is 13.9. The van der Waals surface area contributed by atoms with E-state index < -0.39 is 0 Å². The average molecular weight is 313 g/mol. The molecule has 1 aliphatic rings. The number of nitriles is 1. The summed E-state index contributed by atoms with van der Waals surface area (Å²) in [5, 5.41) is 16.7. The third-order valence-corrected chi connectivity index (χ3v) is 4.15. The Bertz CT molecular complexity index is 744. The van der Waals surface area contributed by atoms with Gasteiger partial charge in [0.15, 0.2) is 5.82 Å². The molecule has 1 N–H and O–H groups in total. The summed E-state index contributed by atoms with van der Waals surface area (Å²) in [4.78, 5) is 4.57. The Morgan fingerprint density at radius 3 is 3.00 bits per heavy atom. The number of aryl methyl sites for hydroxylation is 1. The zero-order chi connectivity index (χ0) is 16.4. The molecular formula is C17H20FN5. The van der Waals surface area contributed by atoms with Gasteiger partial charge in [0.2, 0.25) is 0 Å². The van der Waals surface area contributed by atoms with Gasteiger partial charge in [-0.25, -0.2) is 14.1 Å². The van der Waals surface area contributed by atoms with Gasteiger partial charge >= 0.3 is 0 Å². The number of fused-ring (bicyclic) bond motifs is 1. The number of aromatic nitrogens is 3. The molecule has 0 radical (unpaired) electrons. The zero-order valence-electron chi connectivity index (χ0n) is 13.4. The minimum Gasteiger partial charge on any atom is -0.308 e. The molecule has 1 aromatic carbocycles. The molecule has 1 aromatic heterocycles. The van der Waals surface area contributed by atoms with E-state index in [9.17, 15) is 4.39 Å². The highest BCUT2D eigenvalue weighted by atomic mass is 19.1. The van der Waals surface area contributed by atoms with E-state index in [1.807, 2.05) is 10.8 Å². The molecule has 1 atom stereocenters. The summed E-state index contributed by atoms with van der Waals surface area (Å²) >= 11 is 0. The highest BCUT2D eigenvalue weighted by molar-refractivity contribution is 5.32. The van der Waals surface area contributed by atoms with Crippen LogP contribution in [0.15, 0.2) is 18.2 Å². The number of benzene rings is 1. The van der Waals surface area contributed by atoms with Gasteiger partial charge in [-0.2, -0.15) is 10.4 Å². The average Bonchev–Trinajstić information content (AvgIpc) is 2.97. The molecule has 1 aliphatic heterocycles. The second-order valence-corrected chi connectivity index (χ2v) is 6.26. The maximum Gasteiger partial charge on any atom is 0.153 e. The number of hydrogen-bond donors (Lipinski definition) is 1. The van der Waals surface area contributed by atoms with Crippen molar-refractivity contribution in [3.05, 3.63) is 46.8 Å². The van der Waals surface area contributed by atoms with Gasteiger partial charge in [0.05, 0.1) is 18.2 Å². The van der Waals surface area contributed by atoms with Crippen LogP contribution in [0.3, 0.4) is 0 Å². The van der Waals surface area contributed by atoms with E-state index in [2.05, 4.69) is 29.2 Å². The molecule has 0 amide bonds. The Hall–Kier alpha value is -2.26. The number of nitrogens with one attached hydrogen (secondary N) is 1. The van der Waals surface area contributed by atoms with Crippen LogP contribution in [0.4, 0.5) is 4.39 Å². The predicted octanol–water partition coefficient (Wildman–Crippen LogP) is 2.52. The van der Waals surface area contributed by atoms with E-state index in [-0.39, 0.29) is 11.9 Å². The summed E-state index contributed by atoms with van der Waals surface area (Å²) in [5.74, 6) is 1.92. The minimum absolute atomic E-state index is 0.249. The van der Waals surface area contributed by atoms with Gasteiger partial charge in [-0.05, 0) is 18.6 Å². The van der Waals surface area contributed by atoms with Crippen molar-refractivity contribution >= 4 is 0 Å². The van der Waals surface area contributed by atoms with E-state index in [0.717, 1.165) is 31.0 Å². The molecule has 0 saturated carbocycles. The summed E-state index contributed by atoms with van der Waals surface area (Å²) in [7, 11) is 0. The monoisotopic (exact) mass is 313 g/mol. The Morgan fingerprint density at radius 2 is 2.30 bits per heavy atom. The lowest BCUT2D eigenvalue weighted by Gasteiger charge is -2.23. The van der Waals surface area contributed by atoms with Crippen LogP contribution in [0.5, 0.6) is 0 Å². The number of halogens is 1. The van der Waals surface area contributed by atoms with Crippen LogP contribution in [0.25, 0.3) is 0 Å². The molecule has 6 heteroatoms. The molecular weight excluding hydrogens is 293 g/mol. The van der Waals surface area contributed by atoms with Crippen LogP contribution < -0.4 is 5.32 Å². The Kier molecular flexibility index (Phi) is 4.39. The predicted molar refractivity (Wildman–Crippen MR) is 84.2 cm³/mol.